The standard InChI is InChI=1S/C18H16FN3O3S/c19-8-9-21-15(10-11-4-6-12(7-5-11)22(24)25)20-17-16(18(21)23)13-2-1-3-14(13)26-17/h4-7H,1-3,8-10H2. The number of hydrogen-bond donors (Lipinski definition) is 0. The van der Waals surface area contributed by atoms with Gasteiger partial charge in [-0.2, -0.15) is 0 Å². The lowest BCUT2D eigenvalue weighted by atomic mass is 10.1. The largest absolute Gasteiger partial charge is 0.293 e. The molecule has 2 aromatic heterocycles. The van der Waals surface area contributed by atoms with E-state index in [1.54, 1.807) is 23.5 Å². The summed E-state index contributed by atoms with van der Waals surface area (Å²) in [5.74, 6) is 0.494. The van der Waals surface area contributed by atoms with Gasteiger partial charge in [-0.1, -0.05) is 12.1 Å². The second-order valence-electron chi connectivity index (χ2n) is 6.31. The molecule has 3 aromatic rings. The molecule has 0 bridgehead atoms. The normalized spacial score (nSPS) is 13.3. The highest BCUT2D eigenvalue weighted by Gasteiger charge is 2.23. The zero-order chi connectivity index (χ0) is 18.3. The summed E-state index contributed by atoms with van der Waals surface area (Å²) in [5, 5.41) is 11.4. The minimum absolute atomic E-state index is 0.00740. The molecule has 0 radical (unpaired) electrons. The molecule has 0 atom stereocenters. The predicted molar refractivity (Wildman–Crippen MR) is 97.8 cm³/mol. The Morgan fingerprint density at radius 3 is 2.73 bits per heavy atom. The number of alkyl halides is 1. The maximum absolute atomic E-state index is 13.1. The van der Waals surface area contributed by atoms with Gasteiger partial charge in [0.2, 0.25) is 0 Å². The zero-order valence-electron chi connectivity index (χ0n) is 13.9. The molecule has 0 unspecified atom stereocenters. The van der Waals surface area contributed by atoms with Gasteiger partial charge in [0, 0.05) is 23.4 Å². The van der Waals surface area contributed by atoms with Crippen LogP contribution in [-0.2, 0) is 25.8 Å². The summed E-state index contributed by atoms with van der Waals surface area (Å²) in [6.07, 6.45) is 3.22. The Hall–Kier alpha value is -2.61. The summed E-state index contributed by atoms with van der Waals surface area (Å²) in [6.45, 7) is -0.679. The van der Waals surface area contributed by atoms with Crippen LogP contribution < -0.4 is 5.56 Å². The average Bonchev–Trinajstić information content (AvgIpc) is 3.19. The molecule has 0 aliphatic heterocycles. The number of nitro benzene ring substituents is 1. The Labute approximate surface area is 152 Å². The fourth-order valence-electron chi connectivity index (χ4n) is 3.49. The smallest absolute Gasteiger partial charge is 0.269 e. The zero-order valence-corrected chi connectivity index (χ0v) is 14.7. The van der Waals surface area contributed by atoms with Crippen LogP contribution in [0.3, 0.4) is 0 Å². The maximum atomic E-state index is 13.1. The molecule has 1 aliphatic rings. The third-order valence-corrected chi connectivity index (χ3v) is 5.91. The van der Waals surface area contributed by atoms with Crippen molar-refractivity contribution in [2.24, 2.45) is 0 Å². The summed E-state index contributed by atoms with van der Waals surface area (Å²) >= 11 is 1.55. The molecule has 8 heteroatoms. The van der Waals surface area contributed by atoms with Crippen LogP contribution in [-0.4, -0.2) is 21.1 Å². The number of aryl methyl sites for hydroxylation is 2. The van der Waals surface area contributed by atoms with Gasteiger partial charge in [-0.15, -0.1) is 11.3 Å². The topological polar surface area (TPSA) is 78.0 Å². The molecule has 6 nitrogen and oxygen atoms in total. The SMILES string of the molecule is O=c1c2c3c(sc2nc(Cc2ccc([N+](=O)[O-])cc2)n1CCF)CCC3. The van der Waals surface area contributed by atoms with E-state index in [2.05, 4.69) is 4.98 Å². The molecule has 26 heavy (non-hydrogen) atoms. The fourth-order valence-corrected chi connectivity index (χ4v) is 4.76. The molecule has 1 aliphatic carbocycles. The first-order chi connectivity index (χ1) is 12.6. The van der Waals surface area contributed by atoms with Crippen molar-refractivity contribution in [2.45, 2.75) is 32.2 Å². The van der Waals surface area contributed by atoms with Gasteiger partial charge in [0.25, 0.3) is 11.2 Å². The molecule has 2 heterocycles. The number of aromatic nitrogens is 2. The first-order valence-corrected chi connectivity index (χ1v) is 9.23. The molecule has 0 fully saturated rings. The third kappa shape index (κ3) is 2.80. The third-order valence-electron chi connectivity index (χ3n) is 4.72. The number of halogens is 1. The van der Waals surface area contributed by atoms with Gasteiger partial charge in [0.15, 0.2) is 0 Å². The second-order valence-corrected chi connectivity index (χ2v) is 7.40. The Kier molecular flexibility index (Phi) is 4.28. The highest BCUT2D eigenvalue weighted by atomic mass is 32.1. The lowest BCUT2D eigenvalue weighted by molar-refractivity contribution is -0.384. The number of nitrogens with zero attached hydrogens (tertiary/aromatic N) is 3. The summed E-state index contributed by atoms with van der Waals surface area (Å²) in [7, 11) is 0. The molecule has 0 N–H and O–H groups in total. The van der Waals surface area contributed by atoms with E-state index in [0.717, 1.165) is 30.4 Å². The Morgan fingerprint density at radius 1 is 1.27 bits per heavy atom. The lowest BCUT2D eigenvalue weighted by Crippen LogP contribution is -2.26. The number of thiophene rings is 1. The van der Waals surface area contributed by atoms with Crippen molar-refractivity contribution in [2.75, 3.05) is 6.67 Å². The van der Waals surface area contributed by atoms with Gasteiger partial charge in [0.05, 0.1) is 16.9 Å². The number of nitro groups is 1. The highest BCUT2D eigenvalue weighted by Crippen LogP contribution is 2.34. The molecule has 0 amide bonds. The Morgan fingerprint density at radius 2 is 2.04 bits per heavy atom. The molecule has 1 aromatic carbocycles. The maximum Gasteiger partial charge on any atom is 0.269 e. The van der Waals surface area contributed by atoms with E-state index in [1.807, 2.05) is 0 Å². The minimum atomic E-state index is -0.646. The highest BCUT2D eigenvalue weighted by molar-refractivity contribution is 7.18. The van der Waals surface area contributed by atoms with Crippen molar-refractivity contribution in [3.8, 4) is 0 Å². The van der Waals surface area contributed by atoms with Crippen LogP contribution in [0.2, 0.25) is 0 Å². The summed E-state index contributed by atoms with van der Waals surface area (Å²) in [6, 6.07) is 6.13. The van der Waals surface area contributed by atoms with Gasteiger partial charge in [-0.25, -0.2) is 9.37 Å². The van der Waals surface area contributed by atoms with Crippen LogP contribution >= 0.6 is 11.3 Å². The van der Waals surface area contributed by atoms with Crippen molar-refractivity contribution in [1.29, 1.82) is 0 Å². The van der Waals surface area contributed by atoms with Crippen molar-refractivity contribution in [1.82, 2.24) is 9.55 Å². The molecular weight excluding hydrogens is 357 g/mol. The quantitative estimate of drug-likeness (QED) is 0.507. The van der Waals surface area contributed by atoms with Crippen molar-refractivity contribution in [3.05, 3.63) is 66.6 Å². The summed E-state index contributed by atoms with van der Waals surface area (Å²) in [4.78, 5) is 29.9. The van der Waals surface area contributed by atoms with E-state index in [9.17, 15) is 19.3 Å². The summed E-state index contributed by atoms with van der Waals surface area (Å²) < 4.78 is 14.5. The first kappa shape index (κ1) is 16.8. The molecule has 0 saturated carbocycles. The van der Waals surface area contributed by atoms with Crippen LogP contribution in [0, 0.1) is 10.1 Å². The van der Waals surface area contributed by atoms with E-state index >= 15 is 0 Å². The molecule has 0 saturated heterocycles. The van der Waals surface area contributed by atoms with Crippen LogP contribution in [0.25, 0.3) is 10.2 Å². The van der Waals surface area contributed by atoms with E-state index in [1.165, 1.54) is 21.6 Å². The van der Waals surface area contributed by atoms with Crippen LogP contribution in [0.1, 0.15) is 28.2 Å². The number of non-ortho nitro benzene ring substituents is 1. The molecule has 0 spiro atoms. The number of benzene rings is 1. The van der Waals surface area contributed by atoms with Crippen LogP contribution in [0.15, 0.2) is 29.1 Å². The van der Waals surface area contributed by atoms with Gasteiger partial charge in [-0.05, 0) is 30.4 Å². The first-order valence-electron chi connectivity index (χ1n) is 8.41. The second kappa shape index (κ2) is 6.60. The molecule has 4 rings (SSSR count). The van der Waals surface area contributed by atoms with Crippen molar-refractivity contribution in [3.63, 3.8) is 0 Å². The van der Waals surface area contributed by atoms with Gasteiger partial charge >= 0.3 is 0 Å². The monoisotopic (exact) mass is 373 g/mol. The minimum Gasteiger partial charge on any atom is -0.293 e. The Balaban J connectivity index is 1.79. The van der Waals surface area contributed by atoms with Gasteiger partial charge in [-0.3, -0.25) is 19.5 Å². The van der Waals surface area contributed by atoms with E-state index in [0.29, 0.717) is 22.5 Å². The lowest BCUT2D eigenvalue weighted by Gasteiger charge is -2.11. The molecular formula is C18H16FN3O3S. The van der Waals surface area contributed by atoms with Crippen molar-refractivity contribution < 1.29 is 9.31 Å². The van der Waals surface area contributed by atoms with E-state index in [-0.39, 0.29) is 17.8 Å². The number of hydrogen-bond acceptors (Lipinski definition) is 5. The predicted octanol–water partition coefficient (Wildman–Crippen LogP) is 3.42. The Bertz CT molecular complexity index is 1060. The number of fused-ring (bicyclic) bond motifs is 3. The van der Waals surface area contributed by atoms with Crippen LogP contribution in [0.4, 0.5) is 10.1 Å². The molecule has 134 valence electrons. The number of rotatable bonds is 5. The van der Waals surface area contributed by atoms with Crippen molar-refractivity contribution >= 4 is 27.2 Å². The fraction of sp³-hybridized carbons (Fsp3) is 0.333. The summed E-state index contributed by atoms with van der Waals surface area (Å²) in [5.41, 5.74) is 1.70. The average molecular weight is 373 g/mol. The van der Waals surface area contributed by atoms with Gasteiger partial charge < -0.3 is 0 Å². The van der Waals surface area contributed by atoms with E-state index in [4.69, 9.17) is 0 Å². The van der Waals surface area contributed by atoms with Crippen LogP contribution in [0.5, 0.6) is 0 Å². The van der Waals surface area contributed by atoms with E-state index < -0.39 is 11.6 Å². The van der Waals surface area contributed by atoms with Gasteiger partial charge in [0.1, 0.15) is 17.3 Å².